The number of carbonyl (C=O) groups is 1. The van der Waals surface area contributed by atoms with Crippen LogP contribution in [0.25, 0.3) is 0 Å². The smallest absolute Gasteiger partial charge is 0.226 e. The molecule has 3 heteroatoms. The molecular formula is C17H29NO2. The van der Waals surface area contributed by atoms with Crippen LogP contribution in [0.5, 0.6) is 0 Å². The lowest BCUT2D eigenvalue weighted by Gasteiger charge is -2.35. The largest absolute Gasteiger partial charge is 0.381 e. The number of hydrogen-bond donors (Lipinski definition) is 0. The molecule has 3 unspecified atom stereocenters. The van der Waals surface area contributed by atoms with Gasteiger partial charge >= 0.3 is 0 Å². The van der Waals surface area contributed by atoms with Crippen LogP contribution >= 0.6 is 0 Å². The summed E-state index contributed by atoms with van der Waals surface area (Å²) in [5.74, 6) is 1.96. The molecule has 0 aromatic carbocycles. The maximum atomic E-state index is 13.0. The van der Waals surface area contributed by atoms with Gasteiger partial charge in [-0.3, -0.25) is 4.79 Å². The molecule has 0 bridgehead atoms. The molecule has 0 spiro atoms. The lowest BCUT2D eigenvalue weighted by molar-refractivity contribution is -0.141. The maximum Gasteiger partial charge on any atom is 0.226 e. The number of carbonyl (C=O) groups excluding carboxylic acids is 1. The van der Waals surface area contributed by atoms with Crippen molar-refractivity contribution in [3.05, 3.63) is 0 Å². The fourth-order valence-electron chi connectivity index (χ4n) is 4.75. The second-order valence-electron chi connectivity index (χ2n) is 7.04. The van der Waals surface area contributed by atoms with E-state index in [1.54, 1.807) is 0 Å². The molecule has 2 saturated heterocycles. The second kappa shape index (κ2) is 6.05. The Morgan fingerprint density at radius 3 is 2.70 bits per heavy atom. The molecule has 20 heavy (non-hydrogen) atoms. The number of amides is 1. The summed E-state index contributed by atoms with van der Waals surface area (Å²) >= 11 is 0. The number of ether oxygens (including phenoxy) is 1. The molecule has 1 aliphatic carbocycles. The van der Waals surface area contributed by atoms with E-state index in [1.165, 1.54) is 25.7 Å². The molecule has 0 N–H and O–H groups in total. The van der Waals surface area contributed by atoms with Crippen molar-refractivity contribution in [2.75, 3.05) is 13.2 Å². The Labute approximate surface area is 123 Å². The third kappa shape index (κ3) is 2.49. The van der Waals surface area contributed by atoms with Crippen LogP contribution in [-0.2, 0) is 9.53 Å². The average molecular weight is 279 g/mol. The Morgan fingerprint density at radius 2 is 2.00 bits per heavy atom. The monoisotopic (exact) mass is 279 g/mol. The predicted molar refractivity (Wildman–Crippen MR) is 79.4 cm³/mol. The highest BCUT2D eigenvalue weighted by Crippen LogP contribution is 2.43. The average Bonchev–Trinajstić information content (AvgIpc) is 3.06. The molecule has 1 amide bonds. The van der Waals surface area contributed by atoms with E-state index in [1.807, 2.05) is 0 Å². The third-order valence-corrected chi connectivity index (χ3v) is 6.03. The van der Waals surface area contributed by atoms with Crippen molar-refractivity contribution >= 4 is 5.91 Å². The van der Waals surface area contributed by atoms with Gasteiger partial charge in [0.05, 0.1) is 0 Å². The summed E-state index contributed by atoms with van der Waals surface area (Å²) < 4.78 is 5.44. The number of likely N-dealkylation sites (tertiary alicyclic amines) is 1. The van der Waals surface area contributed by atoms with E-state index < -0.39 is 0 Å². The van der Waals surface area contributed by atoms with Crippen LogP contribution in [0.2, 0.25) is 0 Å². The molecule has 3 rings (SSSR count). The number of nitrogens with zero attached hydrogens (tertiary/aromatic N) is 1. The Kier molecular flexibility index (Phi) is 4.34. The maximum absolute atomic E-state index is 13.0. The van der Waals surface area contributed by atoms with Crippen molar-refractivity contribution in [1.82, 2.24) is 4.90 Å². The molecule has 0 aromatic heterocycles. The van der Waals surface area contributed by atoms with Crippen molar-refractivity contribution in [1.29, 1.82) is 0 Å². The van der Waals surface area contributed by atoms with Crippen LogP contribution in [0.1, 0.15) is 58.8 Å². The minimum absolute atomic E-state index is 0.187. The SMILES string of the molecule is CC[C@@H]1CC2CCCC2N1C(=O)C(C)C1CCOCC1. The number of rotatable bonds is 3. The first-order chi connectivity index (χ1) is 9.72. The molecule has 0 aromatic rings. The first-order valence-corrected chi connectivity index (χ1v) is 8.62. The Balaban J connectivity index is 1.70. The van der Waals surface area contributed by atoms with E-state index in [4.69, 9.17) is 4.74 Å². The predicted octanol–water partition coefficient (Wildman–Crippen LogP) is 3.23. The molecule has 3 aliphatic rings. The van der Waals surface area contributed by atoms with Crippen LogP contribution in [0, 0.1) is 17.8 Å². The summed E-state index contributed by atoms with van der Waals surface area (Å²) in [6, 6.07) is 1.08. The van der Waals surface area contributed by atoms with E-state index in [2.05, 4.69) is 18.7 Å². The zero-order valence-electron chi connectivity index (χ0n) is 13.0. The minimum Gasteiger partial charge on any atom is -0.381 e. The minimum atomic E-state index is 0.187. The highest BCUT2D eigenvalue weighted by molar-refractivity contribution is 5.80. The summed E-state index contributed by atoms with van der Waals surface area (Å²) in [5, 5.41) is 0. The normalized spacial score (nSPS) is 36.1. The standard InChI is InChI=1S/C17H29NO2/c1-3-15-11-14-5-4-6-16(14)18(15)17(19)12(2)13-7-9-20-10-8-13/h12-16H,3-11H2,1-2H3/t12?,14?,15-,16?/m1/s1. The molecule has 3 nitrogen and oxygen atoms in total. The summed E-state index contributed by atoms with van der Waals surface area (Å²) in [7, 11) is 0. The van der Waals surface area contributed by atoms with Crippen LogP contribution < -0.4 is 0 Å². The lowest BCUT2D eigenvalue weighted by Crippen LogP contribution is -2.46. The van der Waals surface area contributed by atoms with Gasteiger partial charge in [0, 0.05) is 31.2 Å². The van der Waals surface area contributed by atoms with E-state index in [0.29, 0.717) is 23.9 Å². The molecule has 0 radical (unpaired) electrons. The topological polar surface area (TPSA) is 29.5 Å². The molecule has 1 saturated carbocycles. The van der Waals surface area contributed by atoms with Crippen molar-refractivity contribution in [3.8, 4) is 0 Å². The van der Waals surface area contributed by atoms with Gasteiger partial charge in [-0.25, -0.2) is 0 Å². The van der Waals surface area contributed by atoms with Gasteiger partial charge in [-0.2, -0.15) is 0 Å². The quantitative estimate of drug-likeness (QED) is 0.794. The van der Waals surface area contributed by atoms with Crippen LogP contribution in [0.3, 0.4) is 0 Å². The lowest BCUT2D eigenvalue weighted by atomic mass is 9.86. The molecule has 2 aliphatic heterocycles. The Bertz CT molecular complexity index is 351. The molecule has 4 atom stereocenters. The first kappa shape index (κ1) is 14.4. The highest BCUT2D eigenvalue weighted by atomic mass is 16.5. The zero-order chi connectivity index (χ0) is 14.1. The summed E-state index contributed by atoms with van der Waals surface area (Å²) in [6.45, 7) is 6.08. The van der Waals surface area contributed by atoms with E-state index in [-0.39, 0.29) is 5.92 Å². The Hall–Kier alpha value is -0.570. The van der Waals surface area contributed by atoms with Crippen LogP contribution in [-0.4, -0.2) is 36.1 Å². The molecular weight excluding hydrogens is 250 g/mol. The molecule has 114 valence electrons. The zero-order valence-corrected chi connectivity index (χ0v) is 13.0. The van der Waals surface area contributed by atoms with Gasteiger partial charge in [0.2, 0.25) is 5.91 Å². The summed E-state index contributed by atoms with van der Waals surface area (Å²) in [6.07, 6.45) is 8.41. The van der Waals surface area contributed by atoms with Gasteiger partial charge in [0.1, 0.15) is 0 Å². The van der Waals surface area contributed by atoms with Crippen molar-refractivity contribution in [3.63, 3.8) is 0 Å². The van der Waals surface area contributed by atoms with Crippen molar-refractivity contribution in [2.24, 2.45) is 17.8 Å². The Morgan fingerprint density at radius 1 is 1.25 bits per heavy atom. The second-order valence-corrected chi connectivity index (χ2v) is 7.04. The van der Waals surface area contributed by atoms with Gasteiger partial charge in [0.25, 0.3) is 0 Å². The summed E-state index contributed by atoms with van der Waals surface area (Å²) in [5.41, 5.74) is 0. The van der Waals surface area contributed by atoms with Crippen LogP contribution in [0.15, 0.2) is 0 Å². The number of hydrogen-bond acceptors (Lipinski definition) is 2. The molecule has 2 heterocycles. The first-order valence-electron chi connectivity index (χ1n) is 8.62. The van der Waals surface area contributed by atoms with Gasteiger partial charge in [-0.15, -0.1) is 0 Å². The highest BCUT2D eigenvalue weighted by Gasteiger charge is 2.46. The number of fused-ring (bicyclic) bond motifs is 1. The molecule has 3 fully saturated rings. The third-order valence-electron chi connectivity index (χ3n) is 6.03. The van der Waals surface area contributed by atoms with Gasteiger partial charge < -0.3 is 9.64 Å². The van der Waals surface area contributed by atoms with Crippen molar-refractivity contribution in [2.45, 2.75) is 70.9 Å². The van der Waals surface area contributed by atoms with Gasteiger partial charge in [-0.1, -0.05) is 20.3 Å². The van der Waals surface area contributed by atoms with E-state index in [0.717, 1.165) is 38.4 Å². The fourth-order valence-corrected chi connectivity index (χ4v) is 4.75. The van der Waals surface area contributed by atoms with Gasteiger partial charge in [-0.05, 0) is 50.4 Å². The summed E-state index contributed by atoms with van der Waals surface area (Å²) in [4.78, 5) is 15.4. The van der Waals surface area contributed by atoms with E-state index in [9.17, 15) is 4.79 Å². The van der Waals surface area contributed by atoms with Crippen LogP contribution in [0.4, 0.5) is 0 Å². The van der Waals surface area contributed by atoms with Crippen molar-refractivity contribution < 1.29 is 9.53 Å². The van der Waals surface area contributed by atoms with E-state index >= 15 is 0 Å². The fraction of sp³-hybridized carbons (Fsp3) is 0.941. The van der Waals surface area contributed by atoms with Gasteiger partial charge in [0.15, 0.2) is 0 Å².